The second kappa shape index (κ2) is 12.8. The first-order chi connectivity index (χ1) is 16.1. The Morgan fingerprint density at radius 1 is 1.03 bits per heavy atom. The number of amides is 1. The summed E-state index contributed by atoms with van der Waals surface area (Å²) in [5, 5.41) is 3.89. The lowest BCUT2D eigenvalue weighted by Gasteiger charge is -2.26. The van der Waals surface area contributed by atoms with Crippen molar-refractivity contribution in [3.8, 4) is 0 Å². The molecule has 0 bridgehead atoms. The number of aryl methyl sites for hydroxylation is 1. The molecule has 2 aromatic rings. The Balaban J connectivity index is 2.26. The summed E-state index contributed by atoms with van der Waals surface area (Å²) in [5.41, 5.74) is 3.79. The zero-order chi connectivity index (χ0) is 25.2. The van der Waals surface area contributed by atoms with Gasteiger partial charge in [0.25, 0.3) is 0 Å². The molecule has 2 rings (SSSR count). The van der Waals surface area contributed by atoms with Crippen LogP contribution in [0.1, 0.15) is 31.9 Å². The van der Waals surface area contributed by atoms with Crippen molar-refractivity contribution in [2.45, 2.75) is 45.0 Å². The Morgan fingerprint density at radius 2 is 1.62 bits per heavy atom. The van der Waals surface area contributed by atoms with Crippen molar-refractivity contribution < 1.29 is 31.6 Å². The fourth-order valence-electron chi connectivity index (χ4n) is 2.81. The molecule has 0 radical (unpaired) electrons. The molecule has 0 heterocycles. The molecule has 0 aromatic heterocycles. The maximum Gasteiger partial charge on any atom is 0.428 e. The number of hydrazone groups is 1. The summed E-state index contributed by atoms with van der Waals surface area (Å²) in [6, 6.07) is 15.2. The topological polar surface area (TPSA) is 132 Å². The molecule has 34 heavy (non-hydrogen) atoms. The molecule has 2 aromatic carbocycles. The van der Waals surface area contributed by atoms with Crippen LogP contribution in [0, 0.1) is 6.92 Å². The van der Waals surface area contributed by atoms with Gasteiger partial charge in [0.1, 0.15) is 6.61 Å². The molecule has 1 amide bonds. The van der Waals surface area contributed by atoms with Gasteiger partial charge < -0.3 is 13.8 Å². The van der Waals surface area contributed by atoms with Crippen LogP contribution < -0.4 is 10.1 Å². The molecule has 0 fully saturated rings. The van der Waals surface area contributed by atoms with Gasteiger partial charge in [0, 0.05) is 0 Å². The van der Waals surface area contributed by atoms with E-state index in [1.54, 1.807) is 38.1 Å². The standard InChI is InChI=1S/C22H30N3O7PS/c1-5-31-33(27,32-6-2)21(25-34(28,29)20-14-12-17(3)13-15-20)18(4)23-24-22(26)30-16-19-10-8-7-9-11-19/h7-15,21,25H,5-6,16H2,1-4H3,(H,24,26)/b23-18+. The maximum absolute atomic E-state index is 13.5. The Morgan fingerprint density at radius 3 is 2.18 bits per heavy atom. The lowest BCUT2D eigenvalue weighted by Crippen LogP contribution is -2.41. The van der Waals surface area contributed by atoms with E-state index < -0.39 is 29.5 Å². The zero-order valence-corrected chi connectivity index (χ0v) is 21.3. The molecule has 1 unspecified atom stereocenters. The molecule has 2 N–H and O–H groups in total. The molecule has 0 aliphatic heterocycles. The number of carbonyl (C=O) groups excluding carboxylic acids is 1. The van der Waals surface area contributed by atoms with E-state index >= 15 is 0 Å². The fourth-order valence-corrected chi connectivity index (χ4v) is 6.44. The molecule has 186 valence electrons. The van der Waals surface area contributed by atoms with Gasteiger partial charge in [-0.1, -0.05) is 48.0 Å². The highest BCUT2D eigenvalue weighted by Gasteiger charge is 2.41. The molecule has 0 spiro atoms. The first-order valence-electron chi connectivity index (χ1n) is 10.6. The van der Waals surface area contributed by atoms with Gasteiger partial charge in [-0.25, -0.2) is 18.6 Å². The van der Waals surface area contributed by atoms with Crippen molar-refractivity contribution in [2.24, 2.45) is 5.10 Å². The molecular formula is C22H30N3O7PS. The normalized spacial score (nSPS) is 13.4. The van der Waals surface area contributed by atoms with Crippen LogP contribution in [0.4, 0.5) is 4.79 Å². The van der Waals surface area contributed by atoms with Gasteiger partial charge in [-0.2, -0.15) is 9.82 Å². The minimum Gasteiger partial charge on any atom is -0.443 e. The van der Waals surface area contributed by atoms with Crippen molar-refractivity contribution >= 4 is 29.4 Å². The SMILES string of the molecule is CCOP(=O)(OCC)C(NS(=O)(=O)c1ccc(C)cc1)/C(C)=N/NC(=O)OCc1ccccc1. The molecule has 1 atom stereocenters. The molecule has 0 saturated heterocycles. The van der Waals surface area contributed by atoms with E-state index in [1.165, 1.54) is 19.1 Å². The summed E-state index contributed by atoms with van der Waals surface area (Å²) >= 11 is 0. The van der Waals surface area contributed by atoms with E-state index in [2.05, 4.69) is 15.2 Å². The Labute approximate surface area is 200 Å². The van der Waals surface area contributed by atoms with Gasteiger partial charge in [0.05, 0.1) is 23.8 Å². The minimum absolute atomic E-state index is 0.000136. The summed E-state index contributed by atoms with van der Waals surface area (Å²) in [5.74, 6) is -1.49. The van der Waals surface area contributed by atoms with Crippen LogP contribution in [-0.2, 0) is 35.0 Å². The maximum atomic E-state index is 13.5. The van der Waals surface area contributed by atoms with Gasteiger partial charge in [-0.15, -0.1) is 0 Å². The Hall–Kier alpha value is -2.56. The third-order valence-corrected chi connectivity index (χ3v) is 8.45. The summed E-state index contributed by atoms with van der Waals surface area (Å²) in [7, 11) is -8.18. The largest absolute Gasteiger partial charge is 0.443 e. The lowest BCUT2D eigenvalue weighted by atomic mass is 10.2. The number of nitrogens with zero attached hydrogens (tertiary/aromatic N) is 1. The van der Waals surface area contributed by atoms with Crippen molar-refractivity contribution in [1.29, 1.82) is 0 Å². The summed E-state index contributed by atoms with van der Waals surface area (Å²) < 4.78 is 57.6. The third kappa shape index (κ3) is 8.03. The van der Waals surface area contributed by atoms with Crippen LogP contribution >= 0.6 is 7.60 Å². The van der Waals surface area contributed by atoms with Crippen molar-refractivity contribution in [3.05, 3.63) is 65.7 Å². The average Bonchev–Trinajstić information content (AvgIpc) is 2.81. The van der Waals surface area contributed by atoms with E-state index in [0.717, 1.165) is 11.1 Å². The van der Waals surface area contributed by atoms with Gasteiger partial charge in [0.2, 0.25) is 10.0 Å². The smallest absolute Gasteiger partial charge is 0.428 e. The number of benzene rings is 2. The van der Waals surface area contributed by atoms with E-state index in [0.29, 0.717) is 0 Å². The van der Waals surface area contributed by atoms with E-state index in [9.17, 15) is 17.8 Å². The third-order valence-electron chi connectivity index (χ3n) is 4.46. The monoisotopic (exact) mass is 511 g/mol. The summed E-state index contributed by atoms with van der Waals surface area (Å²) in [6.07, 6.45) is -0.869. The Bertz CT molecular complexity index is 1110. The zero-order valence-electron chi connectivity index (χ0n) is 19.6. The van der Waals surface area contributed by atoms with Crippen LogP contribution in [0.5, 0.6) is 0 Å². The first kappa shape index (κ1) is 27.7. The van der Waals surface area contributed by atoms with Crippen LogP contribution in [-0.4, -0.2) is 39.2 Å². The van der Waals surface area contributed by atoms with Crippen molar-refractivity contribution in [1.82, 2.24) is 10.1 Å². The number of carbonyl (C=O) groups is 1. The van der Waals surface area contributed by atoms with Crippen LogP contribution in [0.25, 0.3) is 0 Å². The number of hydrogen-bond acceptors (Lipinski definition) is 8. The van der Waals surface area contributed by atoms with Gasteiger partial charge >= 0.3 is 13.7 Å². The van der Waals surface area contributed by atoms with E-state index in [-0.39, 0.29) is 30.4 Å². The molecular weight excluding hydrogens is 481 g/mol. The highest BCUT2D eigenvalue weighted by Crippen LogP contribution is 2.52. The van der Waals surface area contributed by atoms with Crippen LogP contribution in [0.15, 0.2) is 64.6 Å². The van der Waals surface area contributed by atoms with Crippen LogP contribution in [0.3, 0.4) is 0 Å². The predicted octanol–water partition coefficient (Wildman–Crippen LogP) is 4.17. The average molecular weight is 512 g/mol. The highest BCUT2D eigenvalue weighted by molar-refractivity contribution is 7.90. The lowest BCUT2D eigenvalue weighted by molar-refractivity contribution is 0.140. The predicted molar refractivity (Wildman–Crippen MR) is 129 cm³/mol. The fraction of sp³-hybridized carbons (Fsp3) is 0.364. The number of nitrogens with one attached hydrogen (secondary N) is 2. The minimum atomic E-state index is -4.13. The number of hydrogen-bond donors (Lipinski definition) is 2. The summed E-state index contributed by atoms with van der Waals surface area (Å²) in [6.45, 7) is 6.43. The second-order valence-corrected chi connectivity index (χ2v) is 11.0. The quantitative estimate of drug-likeness (QED) is 0.248. The number of rotatable bonds is 12. The van der Waals surface area contributed by atoms with Crippen LogP contribution in [0.2, 0.25) is 0 Å². The molecule has 0 saturated carbocycles. The van der Waals surface area contributed by atoms with E-state index in [1.807, 2.05) is 25.1 Å². The molecule has 0 aliphatic rings. The van der Waals surface area contributed by atoms with E-state index in [4.69, 9.17) is 13.8 Å². The highest BCUT2D eigenvalue weighted by atomic mass is 32.2. The van der Waals surface area contributed by atoms with Gasteiger partial charge in [-0.05, 0) is 45.4 Å². The van der Waals surface area contributed by atoms with Gasteiger partial charge in [-0.3, -0.25) is 4.57 Å². The molecule has 0 aliphatic carbocycles. The number of ether oxygens (including phenoxy) is 1. The second-order valence-electron chi connectivity index (χ2n) is 7.14. The number of sulfonamides is 1. The first-order valence-corrected chi connectivity index (χ1v) is 13.7. The Kier molecular flexibility index (Phi) is 10.4. The van der Waals surface area contributed by atoms with Crippen molar-refractivity contribution in [3.63, 3.8) is 0 Å². The van der Waals surface area contributed by atoms with Gasteiger partial charge in [0.15, 0.2) is 5.78 Å². The molecule has 12 heteroatoms. The summed E-state index contributed by atoms with van der Waals surface area (Å²) in [4.78, 5) is 12.0. The van der Waals surface area contributed by atoms with Crippen molar-refractivity contribution in [2.75, 3.05) is 13.2 Å². The molecule has 10 nitrogen and oxygen atoms in total.